The molecule has 3 N–H and O–H groups in total. The Morgan fingerprint density at radius 2 is 2.20 bits per heavy atom. The van der Waals surface area contributed by atoms with E-state index >= 15 is 0 Å². The van der Waals surface area contributed by atoms with Crippen LogP contribution in [-0.2, 0) is 12.0 Å². The van der Waals surface area contributed by atoms with Crippen molar-refractivity contribution in [3.05, 3.63) is 35.5 Å². The van der Waals surface area contributed by atoms with Gasteiger partial charge in [0.25, 0.3) is 0 Å². The first kappa shape index (κ1) is 14.0. The van der Waals surface area contributed by atoms with Crippen molar-refractivity contribution < 1.29 is 9.90 Å². The van der Waals surface area contributed by atoms with Crippen LogP contribution >= 0.6 is 0 Å². The number of carboxylic acids is 1. The molecule has 0 unspecified atom stereocenters. The van der Waals surface area contributed by atoms with Crippen LogP contribution in [0.4, 0.5) is 5.82 Å². The number of aromatic amines is 1. The molecular formula is C13H17N5O2. The summed E-state index contributed by atoms with van der Waals surface area (Å²) in [7, 11) is 0. The zero-order valence-corrected chi connectivity index (χ0v) is 11.6. The molecule has 0 amide bonds. The Morgan fingerprint density at radius 1 is 1.45 bits per heavy atom. The van der Waals surface area contributed by atoms with Gasteiger partial charge in [0, 0.05) is 11.6 Å². The molecule has 0 radical (unpaired) electrons. The topological polar surface area (TPSA) is 104 Å². The summed E-state index contributed by atoms with van der Waals surface area (Å²) in [6.45, 7) is 6.65. The second-order valence-electron chi connectivity index (χ2n) is 5.47. The third-order valence-electron chi connectivity index (χ3n) is 2.79. The van der Waals surface area contributed by atoms with Gasteiger partial charge in [-0.15, -0.1) is 0 Å². The number of hydrogen-bond acceptors (Lipinski definition) is 5. The number of hydrogen-bond donors (Lipinski definition) is 3. The minimum Gasteiger partial charge on any atom is -0.477 e. The second kappa shape index (κ2) is 5.28. The van der Waals surface area contributed by atoms with Crippen LogP contribution in [0.15, 0.2) is 18.6 Å². The Labute approximate surface area is 116 Å². The first-order valence-corrected chi connectivity index (χ1v) is 6.20. The average molecular weight is 275 g/mol. The third-order valence-corrected chi connectivity index (χ3v) is 2.79. The molecule has 2 aromatic rings. The predicted molar refractivity (Wildman–Crippen MR) is 73.6 cm³/mol. The molecule has 7 heteroatoms. The summed E-state index contributed by atoms with van der Waals surface area (Å²) in [5.74, 6) is -0.771. The van der Waals surface area contributed by atoms with E-state index in [4.69, 9.17) is 5.11 Å². The molecule has 0 aliphatic rings. The van der Waals surface area contributed by atoms with Gasteiger partial charge in [-0.3, -0.25) is 5.10 Å². The fourth-order valence-electron chi connectivity index (χ4n) is 1.64. The van der Waals surface area contributed by atoms with Crippen LogP contribution in [0.5, 0.6) is 0 Å². The Bertz CT molecular complexity index is 615. The highest BCUT2D eigenvalue weighted by atomic mass is 16.4. The number of H-pyrrole nitrogens is 1. The Balaban J connectivity index is 2.10. The van der Waals surface area contributed by atoms with E-state index in [9.17, 15) is 4.79 Å². The van der Waals surface area contributed by atoms with Gasteiger partial charge in [-0.2, -0.15) is 5.10 Å². The average Bonchev–Trinajstić information content (AvgIpc) is 2.85. The highest BCUT2D eigenvalue weighted by molar-refractivity contribution is 5.92. The minimum absolute atomic E-state index is 0.0319. The Hall–Kier alpha value is -2.44. The molecule has 20 heavy (non-hydrogen) atoms. The summed E-state index contributed by atoms with van der Waals surface area (Å²) >= 11 is 0. The van der Waals surface area contributed by atoms with Gasteiger partial charge in [0.05, 0.1) is 17.9 Å². The standard InChI is InChI=1S/C13H17N5O2/c1-13(2,3)10-4-8(17-18-10)5-15-11-9(12(19)20)6-14-7-16-11/h4,6-7H,5H2,1-3H3,(H,17,18)(H,19,20)(H,14,15,16). The molecule has 0 spiro atoms. The molecule has 0 aromatic carbocycles. The summed E-state index contributed by atoms with van der Waals surface area (Å²) in [5, 5.41) is 19.2. The van der Waals surface area contributed by atoms with Crippen molar-refractivity contribution in [2.45, 2.75) is 32.7 Å². The van der Waals surface area contributed by atoms with Crippen LogP contribution in [0.25, 0.3) is 0 Å². The summed E-state index contributed by atoms with van der Waals surface area (Å²) in [6, 6.07) is 1.95. The van der Waals surface area contributed by atoms with Gasteiger partial charge in [0.15, 0.2) is 0 Å². The molecule has 7 nitrogen and oxygen atoms in total. The third kappa shape index (κ3) is 3.11. The molecule has 0 saturated heterocycles. The number of rotatable bonds is 4. The Morgan fingerprint density at radius 3 is 2.80 bits per heavy atom. The highest BCUT2D eigenvalue weighted by Gasteiger charge is 2.17. The zero-order chi connectivity index (χ0) is 14.8. The van der Waals surface area contributed by atoms with E-state index in [1.54, 1.807) is 0 Å². The molecule has 106 valence electrons. The van der Waals surface area contributed by atoms with Crippen LogP contribution in [0.2, 0.25) is 0 Å². The molecule has 0 atom stereocenters. The van der Waals surface area contributed by atoms with Crippen LogP contribution in [0.1, 0.15) is 42.5 Å². The van der Waals surface area contributed by atoms with Crippen LogP contribution in [-0.4, -0.2) is 31.2 Å². The molecular weight excluding hydrogens is 258 g/mol. The van der Waals surface area contributed by atoms with Crippen molar-refractivity contribution in [3.8, 4) is 0 Å². The van der Waals surface area contributed by atoms with E-state index in [2.05, 4.69) is 46.3 Å². The minimum atomic E-state index is -1.06. The lowest BCUT2D eigenvalue weighted by Crippen LogP contribution is -2.11. The van der Waals surface area contributed by atoms with Crippen molar-refractivity contribution >= 4 is 11.8 Å². The second-order valence-corrected chi connectivity index (χ2v) is 5.47. The smallest absolute Gasteiger partial charge is 0.341 e. The number of nitrogens with one attached hydrogen (secondary N) is 2. The fraction of sp³-hybridized carbons (Fsp3) is 0.385. The molecule has 0 saturated carbocycles. The Kier molecular flexibility index (Phi) is 3.69. The van der Waals surface area contributed by atoms with Crippen molar-refractivity contribution in [3.63, 3.8) is 0 Å². The lowest BCUT2D eigenvalue weighted by Gasteiger charge is -2.13. The number of anilines is 1. The SMILES string of the molecule is CC(C)(C)c1cc(CNc2ncncc2C(=O)O)[nH]n1. The largest absolute Gasteiger partial charge is 0.477 e. The quantitative estimate of drug-likeness (QED) is 0.786. The van der Waals surface area contributed by atoms with Crippen molar-refractivity contribution in [2.75, 3.05) is 5.32 Å². The van der Waals surface area contributed by atoms with Crippen LogP contribution in [0, 0.1) is 0 Å². The number of nitrogens with zero attached hydrogens (tertiary/aromatic N) is 3. The van der Waals surface area contributed by atoms with Gasteiger partial charge < -0.3 is 10.4 Å². The first-order chi connectivity index (χ1) is 9.38. The summed E-state index contributed by atoms with van der Waals surface area (Å²) < 4.78 is 0. The predicted octanol–water partition coefficient (Wildman–Crippen LogP) is 1.81. The molecule has 0 fully saturated rings. The normalized spacial score (nSPS) is 11.3. The lowest BCUT2D eigenvalue weighted by molar-refractivity contribution is 0.0697. The number of aromatic carboxylic acids is 1. The van der Waals surface area contributed by atoms with E-state index in [1.165, 1.54) is 12.5 Å². The number of carbonyl (C=O) groups is 1. The molecule has 0 aliphatic carbocycles. The zero-order valence-electron chi connectivity index (χ0n) is 11.6. The van der Waals surface area contributed by atoms with E-state index < -0.39 is 5.97 Å². The van der Waals surface area contributed by atoms with Gasteiger partial charge in [0.1, 0.15) is 17.7 Å². The maximum atomic E-state index is 11.0. The van der Waals surface area contributed by atoms with Crippen molar-refractivity contribution in [1.29, 1.82) is 0 Å². The highest BCUT2D eigenvalue weighted by Crippen LogP contribution is 2.20. The molecule has 2 heterocycles. The van der Waals surface area contributed by atoms with Gasteiger partial charge in [-0.1, -0.05) is 20.8 Å². The number of aromatic nitrogens is 4. The fourth-order valence-corrected chi connectivity index (χ4v) is 1.64. The maximum absolute atomic E-state index is 11.0. The van der Waals surface area contributed by atoms with Crippen molar-refractivity contribution in [2.24, 2.45) is 0 Å². The molecule has 0 bridgehead atoms. The van der Waals surface area contributed by atoms with E-state index in [0.717, 1.165) is 11.4 Å². The van der Waals surface area contributed by atoms with Crippen molar-refractivity contribution in [1.82, 2.24) is 20.2 Å². The van der Waals surface area contributed by atoms with E-state index in [1.807, 2.05) is 6.07 Å². The first-order valence-electron chi connectivity index (χ1n) is 6.20. The van der Waals surface area contributed by atoms with Gasteiger partial charge in [-0.05, 0) is 6.07 Å². The number of carboxylic acid groups (broad SMARTS) is 1. The summed E-state index contributed by atoms with van der Waals surface area (Å²) in [6.07, 6.45) is 2.58. The van der Waals surface area contributed by atoms with E-state index in [-0.39, 0.29) is 11.0 Å². The summed E-state index contributed by atoms with van der Waals surface area (Å²) in [5.41, 5.74) is 1.83. The van der Waals surface area contributed by atoms with E-state index in [0.29, 0.717) is 12.4 Å². The molecule has 2 rings (SSSR count). The molecule has 0 aliphatic heterocycles. The van der Waals surface area contributed by atoms with Crippen LogP contribution in [0.3, 0.4) is 0 Å². The monoisotopic (exact) mass is 275 g/mol. The van der Waals surface area contributed by atoms with Gasteiger partial charge in [0.2, 0.25) is 0 Å². The maximum Gasteiger partial charge on any atom is 0.341 e. The van der Waals surface area contributed by atoms with Gasteiger partial charge in [-0.25, -0.2) is 14.8 Å². The summed E-state index contributed by atoms with van der Waals surface area (Å²) in [4.78, 5) is 18.7. The molecule has 2 aromatic heterocycles. The lowest BCUT2D eigenvalue weighted by atomic mass is 9.92. The van der Waals surface area contributed by atoms with Crippen LogP contribution < -0.4 is 5.32 Å². The van der Waals surface area contributed by atoms with Gasteiger partial charge >= 0.3 is 5.97 Å².